The molecule has 2 aromatic heterocycles. The molecule has 5 nitrogen and oxygen atoms in total. The van der Waals surface area contributed by atoms with E-state index in [1.54, 1.807) is 23.3 Å². The lowest BCUT2D eigenvalue weighted by Gasteiger charge is -2.26. The Hall–Kier alpha value is -1.82. The van der Waals surface area contributed by atoms with Gasteiger partial charge in [-0.15, -0.1) is 11.3 Å². The second-order valence-electron chi connectivity index (χ2n) is 6.27. The first-order chi connectivity index (χ1) is 11.1. The molecule has 124 valence electrons. The molecule has 0 unspecified atom stereocenters. The molecule has 3 rings (SSSR count). The summed E-state index contributed by atoms with van der Waals surface area (Å²) in [6, 6.07) is 6.09. The van der Waals surface area contributed by atoms with E-state index in [1.807, 2.05) is 13.0 Å². The number of carbonyl (C=O) groups excluding carboxylic acids is 1. The first-order valence-corrected chi connectivity index (χ1v) is 8.98. The minimum Gasteiger partial charge on any atom is -0.361 e. The summed E-state index contributed by atoms with van der Waals surface area (Å²) >= 11 is 1.72. The number of hydrogen-bond acceptors (Lipinski definition) is 4. The SMILES string of the molecule is Cc1cc(CN(C)C(=O)N[C@H](c2cccs2)C2CCCC2)no1. The van der Waals surface area contributed by atoms with Crippen LogP contribution in [0.5, 0.6) is 0 Å². The number of urea groups is 1. The molecule has 1 aliphatic carbocycles. The summed E-state index contributed by atoms with van der Waals surface area (Å²) in [5.74, 6) is 1.30. The lowest BCUT2D eigenvalue weighted by molar-refractivity contribution is 0.196. The van der Waals surface area contributed by atoms with Gasteiger partial charge in [0, 0.05) is 18.0 Å². The standard InChI is InChI=1S/C17H23N3O2S/c1-12-10-14(19-22-12)11-20(2)17(21)18-16(13-6-3-4-7-13)15-8-5-9-23-15/h5,8-10,13,16H,3-4,6-7,11H2,1-2H3,(H,18,21)/t16-/m0/s1. The molecule has 1 aliphatic rings. The first-order valence-electron chi connectivity index (χ1n) is 8.10. The van der Waals surface area contributed by atoms with Crippen LogP contribution in [0.1, 0.15) is 48.1 Å². The topological polar surface area (TPSA) is 58.4 Å². The van der Waals surface area contributed by atoms with Crippen LogP contribution in [0.4, 0.5) is 4.79 Å². The molecule has 1 fully saturated rings. The molecule has 2 aromatic rings. The second-order valence-corrected chi connectivity index (χ2v) is 7.25. The molecule has 0 saturated heterocycles. The lowest BCUT2D eigenvalue weighted by Crippen LogP contribution is -2.40. The van der Waals surface area contributed by atoms with Crippen LogP contribution in [0, 0.1) is 12.8 Å². The minimum atomic E-state index is -0.0593. The summed E-state index contributed by atoms with van der Waals surface area (Å²) < 4.78 is 5.06. The molecular weight excluding hydrogens is 310 g/mol. The van der Waals surface area contributed by atoms with E-state index in [2.05, 4.69) is 28.0 Å². The van der Waals surface area contributed by atoms with E-state index in [0.29, 0.717) is 12.5 Å². The van der Waals surface area contributed by atoms with E-state index in [1.165, 1.54) is 30.6 Å². The van der Waals surface area contributed by atoms with Crippen LogP contribution in [0.3, 0.4) is 0 Å². The lowest BCUT2D eigenvalue weighted by atomic mass is 9.97. The van der Waals surface area contributed by atoms with Crippen molar-refractivity contribution in [2.75, 3.05) is 7.05 Å². The number of amides is 2. The molecule has 2 heterocycles. The van der Waals surface area contributed by atoms with E-state index in [4.69, 9.17) is 4.52 Å². The number of hydrogen-bond donors (Lipinski definition) is 1. The Morgan fingerprint density at radius 2 is 2.30 bits per heavy atom. The summed E-state index contributed by atoms with van der Waals surface area (Å²) in [5, 5.41) is 9.25. The normalized spacial score (nSPS) is 16.4. The smallest absolute Gasteiger partial charge is 0.318 e. The molecule has 6 heteroatoms. The van der Waals surface area contributed by atoms with Crippen molar-refractivity contribution in [2.24, 2.45) is 5.92 Å². The van der Waals surface area contributed by atoms with Gasteiger partial charge in [0.15, 0.2) is 0 Å². The third kappa shape index (κ3) is 3.93. The molecular formula is C17H23N3O2S. The fourth-order valence-corrected chi connectivity index (χ4v) is 4.10. The molecule has 0 aromatic carbocycles. The first kappa shape index (κ1) is 16.1. The average Bonchev–Trinajstić information content (AvgIpc) is 3.27. The van der Waals surface area contributed by atoms with Crippen LogP contribution >= 0.6 is 11.3 Å². The summed E-state index contributed by atoms with van der Waals surface area (Å²) in [6.07, 6.45) is 4.90. The zero-order valence-electron chi connectivity index (χ0n) is 13.6. The van der Waals surface area contributed by atoms with Crippen LogP contribution in [-0.2, 0) is 6.54 Å². The number of aryl methyl sites for hydroxylation is 1. The molecule has 1 saturated carbocycles. The molecule has 2 amide bonds. The Bertz CT molecular complexity index is 632. The van der Waals surface area contributed by atoms with Gasteiger partial charge in [-0.25, -0.2) is 4.79 Å². The third-order valence-corrected chi connectivity index (χ3v) is 5.38. The van der Waals surface area contributed by atoms with Gasteiger partial charge < -0.3 is 14.7 Å². The second kappa shape index (κ2) is 7.17. The molecule has 0 radical (unpaired) electrons. The van der Waals surface area contributed by atoms with Gasteiger partial charge in [-0.2, -0.15) is 0 Å². The van der Waals surface area contributed by atoms with E-state index in [-0.39, 0.29) is 12.1 Å². The van der Waals surface area contributed by atoms with E-state index in [9.17, 15) is 4.79 Å². The molecule has 23 heavy (non-hydrogen) atoms. The maximum Gasteiger partial charge on any atom is 0.318 e. The molecule has 1 N–H and O–H groups in total. The molecule has 0 spiro atoms. The fraction of sp³-hybridized carbons (Fsp3) is 0.529. The van der Waals surface area contributed by atoms with Gasteiger partial charge in [-0.1, -0.05) is 24.1 Å². The van der Waals surface area contributed by atoms with Crippen LogP contribution in [0.15, 0.2) is 28.1 Å². The van der Waals surface area contributed by atoms with Gasteiger partial charge in [-0.3, -0.25) is 0 Å². The van der Waals surface area contributed by atoms with Gasteiger partial charge in [0.05, 0.1) is 12.6 Å². The summed E-state index contributed by atoms with van der Waals surface area (Å²) in [6.45, 7) is 2.30. The van der Waals surface area contributed by atoms with Crippen molar-refractivity contribution >= 4 is 17.4 Å². The van der Waals surface area contributed by atoms with Crippen LogP contribution < -0.4 is 5.32 Å². The zero-order chi connectivity index (χ0) is 16.2. The van der Waals surface area contributed by atoms with Crippen LogP contribution in [0.25, 0.3) is 0 Å². The fourth-order valence-electron chi connectivity index (χ4n) is 3.23. The highest BCUT2D eigenvalue weighted by molar-refractivity contribution is 7.10. The number of nitrogens with zero attached hydrogens (tertiary/aromatic N) is 2. The number of rotatable bonds is 5. The molecule has 0 aliphatic heterocycles. The van der Waals surface area contributed by atoms with Gasteiger partial charge >= 0.3 is 6.03 Å². The minimum absolute atomic E-state index is 0.0593. The maximum absolute atomic E-state index is 12.6. The van der Waals surface area contributed by atoms with Crippen molar-refractivity contribution in [2.45, 2.75) is 45.2 Å². The largest absolute Gasteiger partial charge is 0.361 e. The Kier molecular flexibility index (Phi) is 5.00. The van der Waals surface area contributed by atoms with E-state index >= 15 is 0 Å². The molecule has 1 atom stereocenters. The predicted molar refractivity (Wildman–Crippen MR) is 90.3 cm³/mol. The van der Waals surface area contributed by atoms with Gasteiger partial charge in [0.2, 0.25) is 0 Å². The quantitative estimate of drug-likeness (QED) is 0.895. The highest BCUT2D eigenvalue weighted by Gasteiger charge is 2.29. The number of aromatic nitrogens is 1. The Morgan fingerprint density at radius 3 is 2.91 bits per heavy atom. The van der Waals surface area contributed by atoms with Crippen molar-refractivity contribution in [3.63, 3.8) is 0 Å². The number of nitrogens with one attached hydrogen (secondary N) is 1. The summed E-state index contributed by atoms with van der Waals surface area (Å²) in [4.78, 5) is 15.5. The van der Waals surface area contributed by atoms with Crippen molar-refractivity contribution in [1.29, 1.82) is 0 Å². The maximum atomic E-state index is 12.6. The zero-order valence-corrected chi connectivity index (χ0v) is 14.4. The average molecular weight is 333 g/mol. The van der Waals surface area contributed by atoms with Crippen LogP contribution in [0.2, 0.25) is 0 Å². The van der Waals surface area contributed by atoms with Crippen molar-refractivity contribution in [3.8, 4) is 0 Å². The van der Waals surface area contributed by atoms with Crippen LogP contribution in [-0.4, -0.2) is 23.1 Å². The summed E-state index contributed by atoms with van der Waals surface area (Å²) in [7, 11) is 1.79. The van der Waals surface area contributed by atoms with Crippen molar-refractivity contribution < 1.29 is 9.32 Å². The van der Waals surface area contributed by atoms with Crippen molar-refractivity contribution in [3.05, 3.63) is 39.9 Å². The van der Waals surface area contributed by atoms with Gasteiger partial charge in [-0.05, 0) is 37.1 Å². The van der Waals surface area contributed by atoms with Gasteiger partial charge in [0.25, 0.3) is 0 Å². The Labute approximate surface area is 140 Å². The summed E-state index contributed by atoms with van der Waals surface area (Å²) in [5.41, 5.74) is 0.772. The molecule has 0 bridgehead atoms. The predicted octanol–water partition coefficient (Wildman–Crippen LogP) is 4.12. The monoisotopic (exact) mass is 333 g/mol. The third-order valence-electron chi connectivity index (χ3n) is 4.42. The van der Waals surface area contributed by atoms with E-state index < -0.39 is 0 Å². The van der Waals surface area contributed by atoms with Crippen molar-refractivity contribution in [1.82, 2.24) is 15.4 Å². The number of carbonyl (C=O) groups is 1. The highest BCUT2D eigenvalue weighted by atomic mass is 32.1. The van der Waals surface area contributed by atoms with E-state index in [0.717, 1.165) is 11.5 Å². The number of thiophene rings is 1. The Morgan fingerprint density at radius 1 is 1.52 bits per heavy atom. The highest BCUT2D eigenvalue weighted by Crippen LogP contribution is 2.37. The van der Waals surface area contributed by atoms with Gasteiger partial charge in [0.1, 0.15) is 11.5 Å². The Balaban J connectivity index is 1.65.